The molecule has 3 heterocycles. The number of aliphatic hydroxyl groups excluding tert-OH is 3. The minimum atomic E-state index is -1.32. The predicted octanol–water partition coefficient (Wildman–Crippen LogP) is -2.91. The third-order valence-electron chi connectivity index (χ3n) is 3.30. The smallest absolute Gasteiger partial charge is 0.326 e. The zero-order valence-corrected chi connectivity index (χ0v) is 10.0. The van der Waals surface area contributed by atoms with Crippen molar-refractivity contribution in [3.05, 3.63) is 26.5 Å². The van der Waals surface area contributed by atoms with Gasteiger partial charge < -0.3 is 25.0 Å². The fourth-order valence-electron chi connectivity index (χ4n) is 2.30. The number of aromatic nitrogens is 4. The molecule has 1 fully saturated rings. The first-order valence-electron chi connectivity index (χ1n) is 5.86. The molecule has 0 aliphatic carbocycles. The lowest BCUT2D eigenvalue weighted by molar-refractivity contribution is -0.0236. The number of H-pyrrole nitrogens is 3. The van der Waals surface area contributed by atoms with Gasteiger partial charge in [-0.25, -0.2) is 4.79 Å². The standard InChI is InChI=1S/C10H12N4O6/c15-1-2-6(16)7(17)8(20-2)4-3-5(14-13-4)9(18)12-10(19)11-3/h2,6-8,15-17H,1H2,(H,13,14)(H2,11,12,18,19)/t2-,6-,7-,8-/m1/s1. The Morgan fingerprint density at radius 2 is 1.95 bits per heavy atom. The lowest BCUT2D eigenvalue weighted by Crippen LogP contribution is -2.32. The second kappa shape index (κ2) is 4.52. The summed E-state index contributed by atoms with van der Waals surface area (Å²) in [6, 6.07) is 0. The molecular formula is C10H12N4O6. The van der Waals surface area contributed by atoms with Gasteiger partial charge in [-0.3, -0.25) is 14.9 Å². The van der Waals surface area contributed by atoms with Crippen molar-refractivity contribution in [2.45, 2.75) is 24.4 Å². The second-order valence-electron chi connectivity index (χ2n) is 4.53. The van der Waals surface area contributed by atoms with E-state index in [1.807, 2.05) is 4.98 Å². The first kappa shape index (κ1) is 13.0. The quantitative estimate of drug-likeness (QED) is 0.344. The summed E-state index contributed by atoms with van der Waals surface area (Å²) in [4.78, 5) is 27.2. The molecule has 0 spiro atoms. The van der Waals surface area contributed by atoms with Crippen molar-refractivity contribution in [1.82, 2.24) is 20.2 Å². The van der Waals surface area contributed by atoms with E-state index < -0.39 is 42.3 Å². The van der Waals surface area contributed by atoms with Gasteiger partial charge in [0.1, 0.15) is 24.4 Å². The number of aliphatic hydroxyl groups is 3. The Kier molecular flexibility index (Phi) is 2.94. The van der Waals surface area contributed by atoms with Crippen molar-refractivity contribution in [1.29, 1.82) is 0 Å². The van der Waals surface area contributed by atoms with Crippen LogP contribution in [-0.2, 0) is 4.74 Å². The van der Waals surface area contributed by atoms with Gasteiger partial charge in [-0.15, -0.1) is 0 Å². The highest BCUT2D eigenvalue weighted by Crippen LogP contribution is 2.34. The molecule has 1 aliphatic heterocycles. The Balaban J connectivity index is 2.12. The van der Waals surface area contributed by atoms with E-state index in [1.165, 1.54) is 0 Å². The maximum Gasteiger partial charge on any atom is 0.326 e. The summed E-state index contributed by atoms with van der Waals surface area (Å²) in [5, 5.41) is 34.9. The molecule has 0 aromatic carbocycles. The number of aromatic amines is 3. The minimum Gasteiger partial charge on any atom is -0.394 e. The molecule has 6 N–H and O–H groups in total. The molecule has 0 bridgehead atoms. The molecule has 2 aromatic heterocycles. The number of hydrogen-bond donors (Lipinski definition) is 6. The number of hydrogen-bond acceptors (Lipinski definition) is 7. The van der Waals surface area contributed by atoms with E-state index in [9.17, 15) is 19.8 Å². The second-order valence-corrected chi connectivity index (χ2v) is 4.53. The SMILES string of the molecule is O=c1[nH]c(=O)c2n[nH]c([C@H]3O[C@H](CO)[C@@H](O)[C@H]3O)c2[nH]1. The van der Waals surface area contributed by atoms with Crippen LogP contribution < -0.4 is 11.2 Å². The molecule has 3 rings (SSSR count). The van der Waals surface area contributed by atoms with E-state index in [0.29, 0.717) is 0 Å². The van der Waals surface area contributed by atoms with Gasteiger partial charge in [-0.1, -0.05) is 0 Å². The third-order valence-corrected chi connectivity index (χ3v) is 3.30. The van der Waals surface area contributed by atoms with E-state index in [-0.39, 0.29) is 16.7 Å². The number of nitrogens with zero attached hydrogens (tertiary/aromatic N) is 1. The molecule has 0 unspecified atom stereocenters. The summed E-state index contributed by atoms with van der Waals surface area (Å²) in [6.45, 7) is -0.474. The predicted molar refractivity (Wildman–Crippen MR) is 64.0 cm³/mol. The van der Waals surface area contributed by atoms with Crippen LogP contribution in [0.5, 0.6) is 0 Å². The van der Waals surface area contributed by atoms with Gasteiger partial charge in [0.15, 0.2) is 5.52 Å². The lowest BCUT2D eigenvalue weighted by Gasteiger charge is -2.12. The Morgan fingerprint density at radius 1 is 1.20 bits per heavy atom. The van der Waals surface area contributed by atoms with Gasteiger partial charge in [0, 0.05) is 0 Å². The van der Waals surface area contributed by atoms with Crippen molar-refractivity contribution < 1.29 is 20.1 Å². The van der Waals surface area contributed by atoms with Crippen LogP contribution in [0.2, 0.25) is 0 Å². The van der Waals surface area contributed by atoms with E-state index in [2.05, 4.69) is 15.2 Å². The first-order valence-corrected chi connectivity index (χ1v) is 5.86. The summed E-state index contributed by atoms with van der Waals surface area (Å²) in [5.74, 6) is 0. The van der Waals surface area contributed by atoms with E-state index in [1.54, 1.807) is 0 Å². The minimum absolute atomic E-state index is 0.0441. The molecule has 0 amide bonds. The number of ether oxygens (including phenoxy) is 1. The Labute approximate surface area is 110 Å². The van der Waals surface area contributed by atoms with Gasteiger partial charge in [-0.2, -0.15) is 5.10 Å². The van der Waals surface area contributed by atoms with Crippen molar-refractivity contribution in [3.8, 4) is 0 Å². The summed E-state index contributed by atoms with van der Waals surface area (Å²) in [6.07, 6.45) is -4.60. The monoisotopic (exact) mass is 284 g/mol. The van der Waals surface area contributed by atoms with Crippen LogP contribution in [0.15, 0.2) is 9.59 Å². The van der Waals surface area contributed by atoms with Crippen molar-refractivity contribution in [3.63, 3.8) is 0 Å². The largest absolute Gasteiger partial charge is 0.394 e. The highest BCUT2D eigenvalue weighted by atomic mass is 16.6. The molecule has 10 heteroatoms. The summed E-state index contributed by atoms with van der Waals surface area (Å²) in [5.41, 5.74) is -1.20. The molecule has 2 aromatic rings. The zero-order valence-electron chi connectivity index (χ0n) is 10.0. The van der Waals surface area contributed by atoms with E-state index >= 15 is 0 Å². The highest BCUT2D eigenvalue weighted by Gasteiger charge is 2.44. The lowest BCUT2D eigenvalue weighted by atomic mass is 10.1. The maximum absolute atomic E-state index is 11.5. The van der Waals surface area contributed by atoms with Gasteiger partial charge in [0.25, 0.3) is 5.56 Å². The molecule has 10 nitrogen and oxygen atoms in total. The first-order chi connectivity index (χ1) is 9.52. The number of nitrogens with one attached hydrogen (secondary N) is 3. The van der Waals surface area contributed by atoms with Gasteiger partial charge in [0.05, 0.1) is 17.8 Å². The maximum atomic E-state index is 11.5. The molecular weight excluding hydrogens is 272 g/mol. The van der Waals surface area contributed by atoms with Crippen LogP contribution in [-0.4, -0.2) is 60.4 Å². The number of rotatable bonds is 2. The summed E-state index contributed by atoms with van der Waals surface area (Å²) in [7, 11) is 0. The Hall–Kier alpha value is -2.01. The highest BCUT2D eigenvalue weighted by molar-refractivity contribution is 5.75. The normalized spacial score (nSPS) is 30.1. The molecule has 0 radical (unpaired) electrons. The molecule has 4 atom stereocenters. The van der Waals surface area contributed by atoms with Crippen LogP contribution in [0.25, 0.3) is 11.0 Å². The average molecular weight is 284 g/mol. The Morgan fingerprint density at radius 3 is 2.60 bits per heavy atom. The van der Waals surface area contributed by atoms with E-state index in [4.69, 9.17) is 9.84 Å². The van der Waals surface area contributed by atoms with Crippen LogP contribution in [0.1, 0.15) is 11.8 Å². The van der Waals surface area contributed by atoms with Crippen LogP contribution >= 0.6 is 0 Å². The molecule has 0 saturated carbocycles. The summed E-state index contributed by atoms with van der Waals surface area (Å²) >= 11 is 0. The van der Waals surface area contributed by atoms with Gasteiger partial charge >= 0.3 is 5.69 Å². The fraction of sp³-hybridized carbons (Fsp3) is 0.500. The van der Waals surface area contributed by atoms with Gasteiger partial charge in [-0.05, 0) is 0 Å². The topological polar surface area (TPSA) is 164 Å². The zero-order chi connectivity index (χ0) is 14.4. The third kappa shape index (κ3) is 1.78. The van der Waals surface area contributed by atoms with E-state index in [0.717, 1.165) is 0 Å². The van der Waals surface area contributed by atoms with Crippen LogP contribution in [0.3, 0.4) is 0 Å². The average Bonchev–Trinajstić information content (AvgIpc) is 2.93. The van der Waals surface area contributed by atoms with Crippen molar-refractivity contribution in [2.24, 2.45) is 0 Å². The van der Waals surface area contributed by atoms with Crippen molar-refractivity contribution >= 4 is 11.0 Å². The Bertz CT molecular complexity index is 748. The van der Waals surface area contributed by atoms with Gasteiger partial charge in [0.2, 0.25) is 0 Å². The van der Waals surface area contributed by atoms with Crippen LogP contribution in [0, 0.1) is 0 Å². The molecule has 1 saturated heterocycles. The molecule has 20 heavy (non-hydrogen) atoms. The van der Waals surface area contributed by atoms with Crippen LogP contribution in [0.4, 0.5) is 0 Å². The molecule has 108 valence electrons. The molecule has 1 aliphatic rings. The fourth-order valence-corrected chi connectivity index (χ4v) is 2.30. The summed E-state index contributed by atoms with van der Waals surface area (Å²) < 4.78 is 5.31. The van der Waals surface area contributed by atoms with Crippen molar-refractivity contribution in [2.75, 3.05) is 6.61 Å². The number of fused-ring (bicyclic) bond motifs is 1.